The molecule has 0 radical (unpaired) electrons. The van der Waals surface area contributed by atoms with Crippen LogP contribution in [0.3, 0.4) is 0 Å². The van der Waals surface area contributed by atoms with Crippen LogP contribution in [0.1, 0.15) is 22.8 Å². The summed E-state index contributed by atoms with van der Waals surface area (Å²) >= 11 is 5.76. The number of hydrogen-bond acceptors (Lipinski definition) is 3. The van der Waals surface area contributed by atoms with Gasteiger partial charge in [-0.05, 0) is 42.3 Å². The molecule has 0 saturated carbocycles. The molecule has 0 spiro atoms. The lowest BCUT2D eigenvalue weighted by Crippen LogP contribution is -2.21. The maximum absolute atomic E-state index is 12.9. The Hall–Kier alpha value is -2.40. The molecule has 6 heteroatoms. The van der Waals surface area contributed by atoms with Crippen molar-refractivity contribution in [2.24, 2.45) is 0 Å². The van der Waals surface area contributed by atoms with Crippen molar-refractivity contribution in [2.45, 2.75) is 13.3 Å². The van der Waals surface area contributed by atoms with E-state index in [9.17, 15) is 14.0 Å². The number of rotatable bonds is 5. The fourth-order valence-electron chi connectivity index (χ4n) is 1.88. The third-order valence-corrected chi connectivity index (χ3v) is 3.44. The zero-order valence-electron chi connectivity index (χ0n) is 12.4. The molecule has 0 unspecified atom stereocenters. The molecule has 0 aromatic heterocycles. The Labute approximate surface area is 138 Å². The highest BCUT2D eigenvalue weighted by Crippen LogP contribution is 2.18. The summed E-state index contributed by atoms with van der Waals surface area (Å²) in [6, 6.07) is 10.7. The topological polar surface area (TPSA) is 55.4 Å². The first-order chi connectivity index (χ1) is 11.0. The van der Waals surface area contributed by atoms with Gasteiger partial charge in [-0.25, -0.2) is 9.18 Å². The van der Waals surface area contributed by atoms with Crippen LogP contribution in [-0.2, 0) is 16.0 Å². The molecular formula is C17H15ClFNO3. The molecule has 2 rings (SSSR count). The first kappa shape index (κ1) is 17.0. The van der Waals surface area contributed by atoms with Crippen LogP contribution in [-0.4, -0.2) is 18.5 Å². The van der Waals surface area contributed by atoms with E-state index < -0.39 is 24.3 Å². The summed E-state index contributed by atoms with van der Waals surface area (Å²) in [6.07, 6.45) is 0.907. The lowest BCUT2D eigenvalue weighted by atomic mass is 10.1. The molecule has 0 heterocycles. The second-order valence-corrected chi connectivity index (χ2v) is 5.21. The van der Waals surface area contributed by atoms with Gasteiger partial charge in [-0.1, -0.05) is 30.7 Å². The number of halogens is 2. The standard InChI is InChI=1S/C17H15ClFNO3/c1-2-11-3-6-13(7-4-11)20-16(21)10-23-17(22)14-8-5-12(19)9-15(14)18/h3-9H,2,10H2,1H3,(H,20,21). The Bertz CT molecular complexity index is 716. The van der Waals surface area contributed by atoms with Crippen LogP contribution < -0.4 is 5.32 Å². The van der Waals surface area contributed by atoms with Gasteiger partial charge < -0.3 is 10.1 Å². The van der Waals surface area contributed by atoms with Gasteiger partial charge in [0.25, 0.3) is 5.91 Å². The average Bonchev–Trinajstić information content (AvgIpc) is 2.53. The van der Waals surface area contributed by atoms with E-state index in [0.717, 1.165) is 24.1 Å². The van der Waals surface area contributed by atoms with E-state index in [2.05, 4.69) is 5.32 Å². The Kier molecular flexibility index (Phi) is 5.71. The summed E-state index contributed by atoms with van der Waals surface area (Å²) in [4.78, 5) is 23.6. The maximum atomic E-state index is 12.9. The van der Waals surface area contributed by atoms with Crippen molar-refractivity contribution >= 4 is 29.2 Å². The minimum absolute atomic E-state index is 0.00756. The molecule has 0 aliphatic heterocycles. The fraction of sp³-hybridized carbons (Fsp3) is 0.176. The second kappa shape index (κ2) is 7.74. The zero-order valence-corrected chi connectivity index (χ0v) is 13.2. The summed E-state index contributed by atoms with van der Waals surface area (Å²) in [7, 11) is 0. The molecule has 23 heavy (non-hydrogen) atoms. The Morgan fingerprint density at radius 3 is 2.48 bits per heavy atom. The SMILES string of the molecule is CCc1ccc(NC(=O)COC(=O)c2ccc(F)cc2Cl)cc1. The number of nitrogens with one attached hydrogen (secondary N) is 1. The number of anilines is 1. The minimum atomic E-state index is -0.786. The second-order valence-electron chi connectivity index (χ2n) is 4.80. The Morgan fingerprint density at radius 1 is 1.17 bits per heavy atom. The molecule has 0 atom stereocenters. The van der Waals surface area contributed by atoms with Gasteiger partial charge in [-0.3, -0.25) is 4.79 Å². The van der Waals surface area contributed by atoms with E-state index in [0.29, 0.717) is 5.69 Å². The van der Waals surface area contributed by atoms with Crippen LogP contribution in [0.2, 0.25) is 5.02 Å². The number of amides is 1. The highest BCUT2D eigenvalue weighted by Gasteiger charge is 2.14. The molecule has 0 aliphatic rings. The molecular weight excluding hydrogens is 321 g/mol. The quantitative estimate of drug-likeness (QED) is 0.845. The van der Waals surface area contributed by atoms with E-state index >= 15 is 0 Å². The number of hydrogen-bond donors (Lipinski definition) is 1. The van der Waals surface area contributed by atoms with Gasteiger partial charge in [0.05, 0.1) is 10.6 Å². The molecule has 2 aromatic carbocycles. The molecule has 2 aromatic rings. The van der Waals surface area contributed by atoms with Gasteiger partial charge in [-0.2, -0.15) is 0 Å². The van der Waals surface area contributed by atoms with Crippen LogP contribution in [0.25, 0.3) is 0 Å². The van der Waals surface area contributed by atoms with Gasteiger partial charge in [0, 0.05) is 5.69 Å². The van der Waals surface area contributed by atoms with Crippen LogP contribution in [0.4, 0.5) is 10.1 Å². The van der Waals surface area contributed by atoms with E-state index in [4.69, 9.17) is 16.3 Å². The highest BCUT2D eigenvalue weighted by atomic mass is 35.5. The zero-order chi connectivity index (χ0) is 16.8. The summed E-state index contributed by atoms with van der Waals surface area (Å²) < 4.78 is 17.8. The molecule has 1 amide bonds. The van der Waals surface area contributed by atoms with Crippen molar-refractivity contribution in [3.8, 4) is 0 Å². The van der Waals surface area contributed by atoms with E-state index in [1.165, 1.54) is 6.07 Å². The normalized spacial score (nSPS) is 10.2. The van der Waals surface area contributed by atoms with Crippen LogP contribution in [0.15, 0.2) is 42.5 Å². The fourth-order valence-corrected chi connectivity index (χ4v) is 2.13. The molecule has 0 fully saturated rings. The third-order valence-electron chi connectivity index (χ3n) is 3.13. The van der Waals surface area contributed by atoms with Gasteiger partial charge in [0.2, 0.25) is 0 Å². The van der Waals surface area contributed by atoms with Crippen molar-refractivity contribution in [1.82, 2.24) is 0 Å². The third kappa shape index (κ3) is 4.79. The predicted octanol–water partition coefficient (Wildman–Crippen LogP) is 3.84. The van der Waals surface area contributed by atoms with Crippen LogP contribution >= 0.6 is 11.6 Å². The number of aryl methyl sites for hydroxylation is 1. The minimum Gasteiger partial charge on any atom is -0.452 e. The van der Waals surface area contributed by atoms with Crippen molar-refractivity contribution in [3.05, 3.63) is 64.4 Å². The largest absolute Gasteiger partial charge is 0.452 e. The molecule has 0 bridgehead atoms. The Balaban J connectivity index is 1.89. The van der Waals surface area contributed by atoms with Crippen molar-refractivity contribution in [3.63, 3.8) is 0 Å². The monoisotopic (exact) mass is 335 g/mol. The lowest BCUT2D eigenvalue weighted by Gasteiger charge is -2.08. The first-order valence-electron chi connectivity index (χ1n) is 7.00. The number of carbonyl (C=O) groups is 2. The van der Waals surface area contributed by atoms with Gasteiger partial charge >= 0.3 is 5.97 Å². The van der Waals surface area contributed by atoms with E-state index in [1.54, 1.807) is 12.1 Å². The van der Waals surface area contributed by atoms with Crippen molar-refractivity contribution in [1.29, 1.82) is 0 Å². The average molecular weight is 336 g/mol. The summed E-state index contributed by atoms with van der Waals surface area (Å²) in [5.74, 6) is -1.81. The molecule has 1 N–H and O–H groups in total. The summed E-state index contributed by atoms with van der Waals surface area (Å²) in [6.45, 7) is 1.58. The predicted molar refractivity (Wildman–Crippen MR) is 86.1 cm³/mol. The number of carbonyl (C=O) groups excluding carboxylic acids is 2. The van der Waals surface area contributed by atoms with Crippen molar-refractivity contribution in [2.75, 3.05) is 11.9 Å². The molecule has 4 nitrogen and oxygen atoms in total. The Morgan fingerprint density at radius 2 is 1.87 bits per heavy atom. The number of ether oxygens (including phenoxy) is 1. The molecule has 120 valence electrons. The smallest absolute Gasteiger partial charge is 0.340 e. The maximum Gasteiger partial charge on any atom is 0.340 e. The van der Waals surface area contributed by atoms with Crippen LogP contribution in [0, 0.1) is 5.82 Å². The highest BCUT2D eigenvalue weighted by molar-refractivity contribution is 6.33. The van der Waals surface area contributed by atoms with Gasteiger partial charge in [0.15, 0.2) is 6.61 Å². The summed E-state index contributed by atoms with van der Waals surface area (Å²) in [5, 5.41) is 2.55. The molecule has 0 aliphatic carbocycles. The summed E-state index contributed by atoms with van der Waals surface area (Å²) in [5.41, 5.74) is 1.77. The number of esters is 1. The van der Waals surface area contributed by atoms with Crippen molar-refractivity contribution < 1.29 is 18.7 Å². The van der Waals surface area contributed by atoms with Crippen LogP contribution in [0.5, 0.6) is 0 Å². The molecule has 0 saturated heterocycles. The van der Waals surface area contributed by atoms with E-state index in [-0.39, 0.29) is 10.6 Å². The lowest BCUT2D eigenvalue weighted by molar-refractivity contribution is -0.119. The number of benzene rings is 2. The van der Waals surface area contributed by atoms with E-state index in [1.807, 2.05) is 19.1 Å². The van der Waals surface area contributed by atoms with Gasteiger partial charge in [0.1, 0.15) is 5.82 Å². The first-order valence-corrected chi connectivity index (χ1v) is 7.38. The van der Waals surface area contributed by atoms with Gasteiger partial charge in [-0.15, -0.1) is 0 Å².